The molecule has 0 aliphatic rings. The molecule has 438 valence electrons. The topological polar surface area (TPSA) is 192 Å². The third kappa shape index (κ3) is 18.2. The molecule has 0 aromatic heterocycles. The molecule has 0 saturated carbocycles. The standard InChI is InChI=1S/4C18H15OP.ClHO4.2O.U/c4*19-20(16-10-4-1-5-11-16,17-12-6-2-7-13-17)18-14-8-3-9-15-18;2-1(3,4)5;;;/h4*1-15H;(H,2,3,4,5);;;/q;;;;;;;+2. The van der Waals surface area contributed by atoms with E-state index in [0.29, 0.717) is 0 Å². The van der Waals surface area contributed by atoms with Gasteiger partial charge in [-0.3, -0.25) is 0 Å². The van der Waals surface area contributed by atoms with E-state index >= 15 is 0 Å². The van der Waals surface area contributed by atoms with Gasteiger partial charge in [0.1, 0.15) is 0 Å². The van der Waals surface area contributed by atoms with Crippen LogP contribution in [0, 0.1) is 38.1 Å². The molecule has 16 heteroatoms. The van der Waals surface area contributed by atoms with Crippen molar-refractivity contribution >= 4 is 92.2 Å². The second-order valence-electron chi connectivity index (χ2n) is 18.9. The van der Waals surface area contributed by atoms with E-state index in [0.717, 1.165) is 63.7 Å². The molecule has 12 aromatic rings. The van der Waals surface area contributed by atoms with Crippen LogP contribution in [-0.2, 0) is 22.7 Å². The minimum atomic E-state index is -4.69. The molecule has 0 amide bonds. The average Bonchev–Trinajstić information content (AvgIpc) is 2.33. The minimum absolute atomic E-state index is 0.873. The van der Waals surface area contributed by atoms with Crippen molar-refractivity contribution in [1.82, 2.24) is 0 Å². The van der Waals surface area contributed by atoms with Crippen LogP contribution in [0.2, 0.25) is 0 Å². The Kier molecular flexibility index (Phi) is 26.4. The van der Waals surface area contributed by atoms with Gasteiger partial charge in [-0.2, -0.15) is 14.0 Å². The van der Waals surface area contributed by atoms with Gasteiger partial charge >= 0.3 is 32.3 Å². The first-order valence-electron chi connectivity index (χ1n) is 27.4. The molecule has 12 aromatic carbocycles. The summed E-state index contributed by atoms with van der Waals surface area (Å²) in [7, 11) is -15.8. The number of hydrogen-bond acceptors (Lipinski definition) is 10. The quantitative estimate of drug-likeness (QED) is 0.116. The Morgan fingerprint density at radius 1 is 0.205 bits per heavy atom. The van der Waals surface area contributed by atoms with Crippen LogP contribution in [0.3, 0.4) is 0 Å². The van der Waals surface area contributed by atoms with Gasteiger partial charge in [0.15, 0.2) is 28.6 Å². The summed E-state index contributed by atoms with van der Waals surface area (Å²) in [5, 5.41) is 10.5. The predicted molar refractivity (Wildman–Crippen MR) is 347 cm³/mol. The first kappa shape index (κ1) is 67.8. The van der Waals surface area contributed by atoms with E-state index in [2.05, 4.69) is 0 Å². The third-order valence-corrected chi connectivity index (χ3v) is 25.7. The summed E-state index contributed by atoms with van der Waals surface area (Å²) in [6.45, 7) is 0. The summed E-state index contributed by atoms with van der Waals surface area (Å²) >= 11 is -2.51. The predicted octanol–water partition coefficient (Wildman–Crippen LogP) is 8.94. The molecule has 0 heterocycles. The number of benzene rings is 12. The molecule has 0 atom stereocenters. The summed E-state index contributed by atoms with van der Waals surface area (Å²) in [6, 6.07) is 117. The molecule has 0 aliphatic carbocycles. The molecule has 0 radical (unpaired) electrons. The van der Waals surface area contributed by atoms with Crippen molar-refractivity contribution in [1.29, 1.82) is 0 Å². The first-order chi connectivity index (χ1) is 42.7. The second-order valence-corrected chi connectivity index (χ2v) is 31.5. The fourth-order valence-electron chi connectivity index (χ4n) is 9.44. The summed E-state index contributed by atoms with van der Waals surface area (Å²) in [6.07, 6.45) is 0. The van der Waals surface area contributed by atoms with Crippen LogP contribution in [0.25, 0.3) is 0 Å². The molecule has 12 rings (SSSR count). The van der Waals surface area contributed by atoms with E-state index in [1.807, 2.05) is 364 Å². The van der Waals surface area contributed by atoms with Gasteiger partial charge in [0.25, 0.3) is 0 Å². The van der Waals surface area contributed by atoms with Crippen LogP contribution in [0.5, 0.6) is 0 Å². The number of halogens is 1. The Balaban J connectivity index is 0.000000160. The fraction of sp³-hybridized carbons (Fsp3) is 0. The molecule has 0 saturated heterocycles. The number of rotatable bonds is 12. The van der Waals surface area contributed by atoms with E-state index in [9.17, 15) is 18.3 Å². The molecule has 1 N–H and O–H groups in total. The van der Waals surface area contributed by atoms with E-state index < -0.39 is 66.6 Å². The van der Waals surface area contributed by atoms with E-state index in [4.69, 9.17) is 23.1 Å². The van der Waals surface area contributed by atoms with Crippen molar-refractivity contribution < 1.29 is 79.4 Å². The molecule has 0 aliphatic heterocycles. The van der Waals surface area contributed by atoms with Gasteiger partial charge in [0.2, 0.25) is 0 Å². The summed E-state index contributed by atoms with van der Waals surface area (Å²) < 4.78 is 105. The summed E-state index contributed by atoms with van der Waals surface area (Å²) in [4.78, 5) is 0. The maximum absolute atomic E-state index is 13.8. The number of hydrogen-bond donors (Lipinski definition) is 1. The fourth-order valence-corrected chi connectivity index (χ4v) is 20.1. The zero-order valence-electron chi connectivity index (χ0n) is 47.4. The van der Waals surface area contributed by atoms with Crippen molar-refractivity contribution in [2.75, 3.05) is 0 Å². The van der Waals surface area contributed by atoms with Crippen molar-refractivity contribution in [3.63, 3.8) is 0 Å². The van der Waals surface area contributed by atoms with Crippen molar-refractivity contribution in [2.24, 2.45) is 0 Å². The van der Waals surface area contributed by atoms with Gasteiger partial charge in [-0.25, -0.2) is 0 Å². The summed E-state index contributed by atoms with van der Waals surface area (Å²) in [5.41, 5.74) is 0. The zero-order valence-corrected chi connectivity index (χ0v) is 55.9. The molecular weight excluding hydrogens is 1420 g/mol. The molecule has 0 spiro atoms. The Bertz CT molecular complexity index is 3240. The normalized spacial score (nSPS) is 11.0. The van der Waals surface area contributed by atoms with E-state index in [1.54, 1.807) is 0 Å². The molecule has 0 fully saturated rings. The van der Waals surface area contributed by atoms with Gasteiger partial charge in [-0.05, 0) is 0 Å². The van der Waals surface area contributed by atoms with Gasteiger partial charge in [0.05, 0.1) is 14.9 Å². The molecule has 0 bridgehead atoms. The molecular formula is C72H61ClO10P4U+2. The van der Waals surface area contributed by atoms with Crippen molar-refractivity contribution in [3.8, 4) is 0 Å². The van der Waals surface area contributed by atoms with Gasteiger partial charge in [-0.1, -0.05) is 364 Å². The van der Waals surface area contributed by atoms with Crippen molar-refractivity contribution in [2.45, 2.75) is 0 Å². The van der Waals surface area contributed by atoms with Gasteiger partial charge in [-0.15, -0.1) is 0 Å². The Labute approximate surface area is 531 Å². The average molecular weight is 1480 g/mol. The van der Waals surface area contributed by atoms with Crippen LogP contribution >= 0.6 is 28.6 Å². The monoisotopic (exact) mass is 1480 g/mol. The van der Waals surface area contributed by atoms with Gasteiger partial charge < -0.3 is 18.3 Å². The molecule has 0 unspecified atom stereocenters. The molecule has 10 nitrogen and oxygen atoms in total. The van der Waals surface area contributed by atoms with Crippen LogP contribution in [0.15, 0.2) is 364 Å². The second kappa shape index (κ2) is 34.2. The Morgan fingerprint density at radius 2 is 0.261 bits per heavy atom. The van der Waals surface area contributed by atoms with Gasteiger partial charge in [0, 0.05) is 63.7 Å². The van der Waals surface area contributed by atoms with Crippen LogP contribution < -0.4 is 77.6 Å². The van der Waals surface area contributed by atoms with Crippen LogP contribution in [0.4, 0.5) is 0 Å². The Morgan fingerprint density at radius 3 is 0.318 bits per heavy atom. The van der Waals surface area contributed by atoms with Crippen molar-refractivity contribution in [3.05, 3.63) is 364 Å². The summed E-state index contributed by atoms with van der Waals surface area (Å²) in [5.74, 6) is 0. The van der Waals surface area contributed by atoms with Crippen LogP contribution in [-0.4, -0.2) is 4.66 Å². The van der Waals surface area contributed by atoms with Crippen LogP contribution in [0.1, 0.15) is 0 Å². The SMILES string of the molecule is O=P(c1ccccc1)(c1ccccc1)c1ccccc1.O=P(c1ccccc1)(c1ccccc1)c1ccccc1.O=P(c1ccccc1)(c1ccccc1)c1ccccc1.O=P(c1ccccc1)(c1ccccc1)c1ccccc1.[O-][Cl+3]([O-])([O-])O.[O]=[U+2]=[O]. The maximum atomic E-state index is 13.8. The Hall–Kier alpha value is -7.66. The third-order valence-electron chi connectivity index (χ3n) is 13.4. The van der Waals surface area contributed by atoms with E-state index in [-0.39, 0.29) is 0 Å². The first-order valence-corrected chi connectivity index (χ1v) is 38.9. The van der Waals surface area contributed by atoms with E-state index in [1.165, 1.54) is 0 Å². The zero-order chi connectivity index (χ0) is 62.6. The molecule has 88 heavy (non-hydrogen) atoms.